The van der Waals surface area contributed by atoms with Crippen molar-refractivity contribution in [2.75, 3.05) is 18.0 Å². The molecular formula is C16H20BrN3. The number of benzene rings is 1. The number of aromatic nitrogens is 1. The first-order chi connectivity index (χ1) is 9.81. The van der Waals surface area contributed by atoms with Crippen LogP contribution in [0.15, 0.2) is 34.9 Å². The Labute approximate surface area is 128 Å². The smallest absolute Gasteiger partial charge is 0.136 e. The molecule has 1 unspecified atom stereocenters. The van der Waals surface area contributed by atoms with Gasteiger partial charge in [-0.1, -0.05) is 40.9 Å². The molecule has 1 aromatic heterocycles. The van der Waals surface area contributed by atoms with Crippen LogP contribution in [0.1, 0.15) is 25.7 Å². The maximum absolute atomic E-state index is 6.00. The van der Waals surface area contributed by atoms with Crippen LogP contribution in [0.4, 0.5) is 5.82 Å². The van der Waals surface area contributed by atoms with E-state index in [2.05, 4.69) is 50.1 Å². The Morgan fingerprint density at radius 3 is 2.95 bits per heavy atom. The van der Waals surface area contributed by atoms with E-state index >= 15 is 0 Å². The maximum Gasteiger partial charge on any atom is 0.136 e. The summed E-state index contributed by atoms with van der Waals surface area (Å²) in [5, 5.41) is 2.43. The maximum atomic E-state index is 6.00. The number of hydrogen-bond donors (Lipinski definition) is 1. The molecule has 0 bridgehead atoms. The molecule has 1 fully saturated rings. The Bertz CT molecular complexity index is 599. The van der Waals surface area contributed by atoms with Crippen LogP contribution in [0.5, 0.6) is 0 Å². The Morgan fingerprint density at radius 1 is 1.20 bits per heavy atom. The first kappa shape index (κ1) is 13.8. The molecule has 3 nitrogen and oxygen atoms in total. The SMILES string of the molecule is NCC1CCCCCN1c1nccc2c(Br)cccc12. The number of hydrogen-bond acceptors (Lipinski definition) is 3. The molecule has 3 rings (SSSR count). The number of fused-ring (bicyclic) bond motifs is 1. The van der Waals surface area contributed by atoms with Crippen molar-refractivity contribution < 1.29 is 0 Å². The van der Waals surface area contributed by atoms with Gasteiger partial charge < -0.3 is 10.6 Å². The van der Waals surface area contributed by atoms with Crippen molar-refractivity contribution >= 4 is 32.5 Å². The predicted octanol–water partition coefficient (Wildman–Crippen LogP) is 3.71. The molecule has 0 radical (unpaired) electrons. The van der Waals surface area contributed by atoms with Crippen LogP contribution in [0.2, 0.25) is 0 Å². The fraction of sp³-hybridized carbons (Fsp3) is 0.438. The van der Waals surface area contributed by atoms with Crippen molar-refractivity contribution in [2.24, 2.45) is 5.73 Å². The van der Waals surface area contributed by atoms with Crippen LogP contribution >= 0.6 is 15.9 Å². The van der Waals surface area contributed by atoms with E-state index in [1.165, 1.54) is 36.5 Å². The second-order valence-electron chi connectivity index (χ2n) is 5.40. The first-order valence-corrected chi connectivity index (χ1v) is 8.10. The van der Waals surface area contributed by atoms with Crippen molar-refractivity contribution in [2.45, 2.75) is 31.7 Å². The highest BCUT2D eigenvalue weighted by molar-refractivity contribution is 9.10. The molecule has 1 aliphatic rings. The van der Waals surface area contributed by atoms with Gasteiger partial charge in [0.25, 0.3) is 0 Å². The van der Waals surface area contributed by atoms with E-state index in [1.807, 2.05) is 6.20 Å². The monoisotopic (exact) mass is 333 g/mol. The van der Waals surface area contributed by atoms with E-state index in [0.717, 1.165) is 16.8 Å². The summed E-state index contributed by atoms with van der Waals surface area (Å²) in [6.07, 6.45) is 6.86. The zero-order valence-electron chi connectivity index (χ0n) is 11.6. The van der Waals surface area contributed by atoms with Crippen LogP contribution in [0.25, 0.3) is 10.8 Å². The minimum absolute atomic E-state index is 0.412. The molecule has 1 aromatic carbocycles. The van der Waals surface area contributed by atoms with E-state index in [0.29, 0.717) is 12.6 Å². The van der Waals surface area contributed by atoms with Gasteiger partial charge in [0.15, 0.2) is 0 Å². The third-order valence-electron chi connectivity index (χ3n) is 4.15. The zero-order valence-corrected chi connectivity index (χ0v) is 13.1. The molecule has 2 aromatic rings. The second-order valence-corrected chi connectivity index (χ2v) is 6.26. The molecule has 0 amide bonds. The summed E-state index contributed by atoms with van der Waals surface area (Å²) in [6, 6.07) is 8.79. The van der Waals surface area contributed by atoms with Crippen molar-refractivity contribution in [1.29, 1.82) is 0 Å². The molecule has 106 valence electrons. The molecule has 2 N–H and O–H groups in total. The van der Waals surface area contributed by atoms with Crippen molar-refractivity contribution in [1.82, 2.24) is 4.98 Å². The number of halogens is 1. The number of nitrogens with zero attached hydrogens (tertiary/aromatic N) is 2. The summed E-state index contributed by atoms with van der Waals surface area (Å²) in [7, 11) is 0. The van der Waals surface area contributed by atoms with Crippen molar-refractivity contribution in [3.63, 3.8) is 0 Å². The third-order valence-corrected chi connectivity index (χ3v) is 4.84. The first-order valence-electron chi connectivity index (χ1n) is 7.31. The Balaban J connectivity index is 2.10. The highest BCUT2D eigenvalue weighted by Crippen LogP contribution is 2.32. The highest BCUT2D eigenvalue weighted by atomic mass is 79.9. The van der Waals surface area contributed by atoms with Gasteiger partial charge in [-0.2, -0.15) is 0 Å². The molecule has 4 heteroatoms. The van der Waals surface area contributed by atoms with Gasteiger partial charge >= 0.3 is 0 Å². The predicted molar refractivity (Wildman–Crippen MR) is 88.1 cm³/mol. The summed E-state index contributed by atoms with van der Waals surface area (Å²) in [5.41, 5.74) is 6.00. The number of rotatable bonds is 2. The summed E-state index contributed by atoms with van der Waals surface area (Å²) in [6.45, 7) is 1.76. The van der Waals surface area contributed by atoms with Crippen molar-refractivity contribution in [3.8, 4) is 0 Å². The number of anilines is 1. The lowest BCUT2D eigenvalue weighted by Gasteiger charge is -2.31. The zero-order chi connectivity index (χ0) is 13.9. The fourth-order valence-corrected chi connectivity index (χ4v) is 3.58. The standard InChI is InChI=1S/C16H20BrN3/c17-15-7-4-6-14-13(15)8-9-19-16(14)20-10-3-1-2-5-12(20)11-18/h4,6-9,12H,1-3,5,10-11,18H2. The quantitative estimate of drug-likeness (QED) is 0.910. The fourth-order valence-electron chi connectivity index (χ4n) is 3.08. The summed E-state index contributed by atoms with van der Waals surface area (Å²) in [4.78, 5) is 7.08. The molecule has 20 heavy (non-hydrogen) atoms. The van der Waals surface area contributed by atoms with Gasteiger partial charge in [-0.05, 0) is 25.0 Å². The van der Waals surface area contributed by atoms with Gasteiger partial charge in [-0.25, -0.2) is 4.98 Å². The Morgan fingerprint density at radius 2 is 2.10 bits per heavy atom. The molecule has 0 saturated carbocycles. The summed E-state index contributed by atoms with van der Waals surface area (Å²) >= 11 is 3.63. The minimum atomic E-state index is 0.412. The minimum Gasteiger partial charge on any atom is -0.352 e. The molecule has 1 saturated heterocycles. The molecule has 0 spiro atoms. The molecule has 0 aliphatic carbocycles. The van der Waals surface area contributed by atoms with E-state index < -0.39 is 0 Å². The van der Waals surface area contributed by atoms with E-state index in [1.54, 1.807) is 0 Å². The van der Waals surface area contributed by atoms with Crippen LogP contribution < -0.4 is 10.6 Å². The van der Waals surface area contributed by atoms with Gasteiger partial charge in [0.2, 0.25) is 0 Å². The Kier molecular flexibility index (Phi) is 4.22. The summed E-state index contributed by atoms with van der Waals surface area (Å²) in [5.74, 6) is 1.08. The van der Waals surface area contributed by atoms with Crippen LogP contribution in [-0.2, 0) is 0 Å². The van der Waals surface area contributed by atoms with Gasteiger partial charge in [0.1, 0.15) is 5.82 Å². The number of nitrogens with two attached hydrogens (primary N) is 1. The van der Waals surface area contributed by atoms with Crippen molar-refractivity contribution in [3.05, 3.63) is 34.9 Å². The molecular weight excluding hydrogens is 314 g/mol. The van der Waals surface area contributed by atoms with E-state index in [9.17, 15) is 0 Å². The lowest BCUT2D eigenvalue weighted by molar-refractivity contribution is 0.577. The highest BCUT2D eigenvalue weighted by Gasteiger charge is 2.22. The number of pyridine rings is 1. The average molecular weight is 334 g/mol. The van der Waals surface area contributed by atoms with Crippen LogP contribution in [0.3, 0.4) is 0 Å². The molecule has 2 heterocycles. The van der Waals surface area contributed by atoms with Gasteiger partial charge in [0, 0.05) is 40.6 Å². The van der Waals surface area contributed by atoms with E-state index in [4.69, 9.17) is 5.73 Å². The normalized spacial score (nSPS) is 20.1. The van der Waals surface area contributed by atoms with Gasteiger partial charge in [0.05, 0.1) is 0 Å². The van der Waals surface area contributed by atoms with E-state index in [-0.39, 0.29) is 0 Å². The summed E-state index contributed by atoms with van der Waals surface area (Å²) < 4.78 is 1.12. The topological polar surface area (TPSA) is 42.1 Å². The third kappa shape index (κ3) is 2.54. The van der Waals surface area contributed by atoms with Gasteiger partial charge in [-0.15, -0.1) is 0 Å². The lowest BCUT2D eigenvalue weighted by Crippen LogP contribution is -2.40. The largest absolute Gasteiger partial charge is 0.352 e. The average Bonchev–Trinajstić information content (AvgIpc) is 2.72. The van der Waals surface area contributed by atoms with Crippen LogP contribution in [-0.4, -0.2) is 24.1 Å². The second kappa shape index (κ2) is 6.10. The molecule has 1 atom stereocenters. The lowest BCUT2D eigenvalue weighted by atomic mass is 10.1. The molecule has 1 aliphatic heterocycles. The Hall–Kier alpha value is -1.13. The van der Waals surface area contributed by atoms with Crippen LogP contribution in [0, 0.1) is 0 Å². The van der Waals surface area contributed by atoms with Gasteiger partial charge in [-0.3, -0.25) is 0 Å².